The Kier molecular flexibility index (Phi) is 6.09. The number of benzene rings is 1. The maximum Gasteiger partial charge on any atom is 0.244 e. The van der Waals surface area contributed by atoms with Gasteiger partial charge in [0.2, 0.25) is 5.91 Å². The van der Waals surface area contributed by atoms with Crippen LogP contribution in [0.15, 0.2) is 35.7 Å². The average molecular weight is 371 g/mol. The SMILES string of the molecule is Cc1nc(COc2cccc(C=CC(=O)NCC3(C)CCCC3)c2)cs1. The molecule has 0 aliphatic heterocycles. The second-order valence-electron chi connectivity index (χ2n) is 7.29. The highest BCUT2D eigenvalue weighted by Gasteiger charge is 2.28. The minimum atomic E-state index is -0.0394. The van der Waals surface area contributed by atoms with Gasteiger partial charge in [0.15, 0.2) is 0 Å². The van der Waals surface area contributed by atoms with Gasteiger partial charge in [-0.2, -0.15) is 0 Å². The minimum absolute atomic E-state index is 0.0394. The molecule has 26 heavy (non-hydrogen) atoms. The number of carbonyl (C=O) groups is 1. The summed E-state index contributed by atoms with van der Waals surface area (Å²) < 4.78 is 5.79. The molecule has 1 fully saturated rings. The standard InChI is InChI=1S/C21H26N2O2S/c1-16-23-18(14-26-16)13-25-19-7-5-6-17(12-19)8-9-20(24)22-15-21(2)10-3-4-11-21/h5-9,12,14H,3-4,10-11,13,15H2,1-2H3,(H,22,24). The van der Waals surface area contributed by atoms with Gasteiger partial charge in [-0.25, -0.2) is 4.98 Å². The molecular formula is C21H26N2O2S. The van der Waals surface area contributed by atoms with Crippen LogP contribution < -0.4 is 10.1 Å². The third-order valence-electron chi connectivity index (χ3n) is 4.84. The predicted molar refractivity (Wildman–Crippen MR) is 106 cm³/mol. The van der Waals surface area contributed by atoms with E-state index in [4.69, 9.17) is 4.74 Å². The molecule has 0 unspecified atom stereocenters. The first-order valence-corrected chi connectivity index (χ1v) is 10.0. The number of aryl methyl sites for hydroxylation is 1. The first-order valence-electron chi connectivity index (χ1n) is 9.12. The summed E-state index contributed by atoms with van der Waals surface area (Å²) in [5.74, 6) is 0.735. The van der Waals surface area contributed by atoms with Gasteiger partial charge in [-0.3, -0.25) is 4.79 Å². The zero-order chi connectivity index (χ0) is 18.4. The lowest BCUT2D eigenvalue weighted by atomic mass is 9.89. The van der Waals surface area contributed by atoms with Crippen LogP contribution in [0.2, 0.25) is 0 Å². The summed E-state index contributed by atoms with van der Waals surface area (Å²) in [5, 5.41) is 6.08. The van der Waals surface area contributed by atoms with Crippen molar-refractivity contribution in [1.82, 2.24) is 10.3 Å². The summed E-state index contributed by atoms with van der Waals surface area (Å²) in [7, 11) is 0. The molecule has 3 rings (SSSR count). The highest BCUT2D eigenvalue weighted by Crippen LogP contribution is 2.36. The van der Waals surface area contributed by atoms with Gasteiger partial charge in [0.1, 0.15) is 12.4 Å². The number of aromatic nitrogens is 1. The number of thiazole rings is 1. The predicted octanol–water partition coefficient (Wildman–Crippen LogP) is 4.74. The van der Waals surface area contributed by atoms with Crippen molar-refractivity contribution in [3.8, 4) is 5.75 Å². The van der Waals surface area contributed by atoms with Gasteiger partial charge >= 0.3 is 0 Å². The van der Waals surface area contributed by atoms with E-state index in [0.29, 0.717) is 6.61 Å². The van der Waals surface area contributed by atoms with Gasteiger partial charge in [-0.05, 0) is 49.0 Å². The van der Waals surface area contributed by atoms with Crippen molar-refractivity contribution in [2.75, 3.05) is 6.54 Å². The second-order valence-corrected chi connectivity index (χ2v) is 8.35. The number of hydrogen-bond donors (Lipinski definition) is 1. The van der Waals surface area contributed by atoms with Crippen LogP contribution in [-0.4, -0.2) is 17.4 Å². The van der Waals surface area contributed by atoms with Crippen molar-refractivity contribution in [1.29, 1.82) is 0 Å². The summed E-state index contributed by atoms with van der Waals surface area (Å²) in [5.41, 5.74) is 2.15. The molecule has 1 aromatic heterocycles. The fourth-order valence-electron chi connectivity index (χ4n) is 3.28. The van der Waals surface area contributed by atoms with E-state index < -0.39 is 0 Å². The fourth-order valence-corrected chi connectivity index (χ4v) is 3.87. The summed E-state index contributed by atoms with van der Waals surface area (Å²) in [6.07, 6.45) is 8.38. The molecule has 0 bridgehead atoms. The molecule has 5 heteroatoms. The van der Waals surface area contributed by atoms with Crippen molar-refractivity contribution in [3.05, 3.63) is 52.0 Å². The molecule has 1 heterocycles. The van der Waals surface area contributed by atoms with Gasteiger partial charge in [0.05, 0.1) is 10.7 Å². The van der Waals surface area contributed by atoms with Gasteiger partial charge < -0.3 is 10.1 Å². The number of nitrogens with zero attached hydrogens (tertiary/aromatic N) is 1. The quantitative estimate of drug-likeness (QED) is 0.716. The molecule has 0 saturated heterocycles. The molecule has 0 radical (unpaired) electrons. The summed E-state index contributed by atoms with van der Waals surface area (Å²) in [6, 6.07) is 7.74. The second kappa shape index (κ2) is 8.49. The Balaban J connectivity index is 1.50. The third kappa shape index (κ3) is 5.43. The van der Waals surface area contributed by atoms with Gasteiger partial charge in [0, 0.05) is 18.0 Å². The zero-order valence-electron chi connectivity index (χ0n) is 15.5. The Hall–Kier alpha value is -2.14. The van der Waals surface area contributed by atoms with E-state index in [2.05, 4.69) is 17.2 Å². The first-order chi connectivity index (χ1) is 12.5. The Bertz CT molecular complexity index is 776. The maximum absolute atomic E-state index is 12.1. The summed E-state index contributed by atoms with van der Waals surface area (Å²) >= 11 is 1.62. The topological polar surface area (TPSA) is 51.2 Å². The Morgan fingerprint density at radius 2 is 2.19 bits per heavy atom. The molecule has 0 atom stereocenters. The largest absolute Gasteiger partial charge is 0.487 e. The van der Waals surface area contributed by atoms with Crippen LogP contribution in [0.5, 0.6) is 5.75 Å². The van der Waals surface area contributed by atoms with Crippen molar-refractivity contribution >= 4 is 23.3 Å². The van der Waals surface area contributed by atoms with E-state index in [9.17, 15) is 4.79 Å². The molecule has 1 aliphatic rings. The normalized spacial score (nSPS) is 16.1. The highest BCUT2D eigenvalue weighted by atomic mass is 32.1. The van der Waals surface area contributed by atoms with E-state index >= 15 is 0 Å². The van der Waals surface area contributed by atoms with E-state index in [-0.39, 0.29) is 11.3 Å². The minimum Gasteiger partial charge on any atom is -0.487 e. The Morgan fingerprint density at radius 3 is 2.92 bits per heavy atom. The molecular weight excluding hydrogens is 344 g/mol. The number of hydrogen-bond acceptors (Lipinski definition) is 4. The van der Waals surface area contributed by atoms with E-state index in [1.165, 1.54) is 25.7 Å². The molecule has 4 nitrogen and oxygen atoms in total. The molecule has 1 saturated carbocycles. The third-order valence-corrected chi connectivity index (χ3v) is 5.66. The number of nitrogens with one attached hydrogen (secondary N) is 1. The highest BCUT2D eigenvalue weighted by molar-refractivity contribution is 7.09. The average Bonchev–Trinajstić information content (AvgIpc) is 3.26. The molecule has 2 aromatic rings. The number of carbonyl (C=O) groups excluding carboxylic acids is 1. The number of amides is 1. The first kappa shape index (κ1) is 18.6. The van der Waals surface area contributed by atoms with Crippen LogP contribution in [0.3, 0.4) is 0 Å². The lowest BCUT2D eigenvalue weighted by Gasteiger charge is -2.23. The lowest BCUT2D eigenvalue weighted by Crippen LogP contribution is -2.33. The maximum atomic E-state index is 12.1. The molecule has 1 N–H and O–H groups in total. The molecule has 1 aliphatic carbocycles. The molecule has 1 aromatic carbocycles. The molecule has 1 amide bonds. The zero-order valence-corrected chi connectivity index (χ0v) is 16.3. The molecule has 138 valence electrons. The monoisotopic (exact) mass is 370 g/mol. The van der Waals surface area contributed by atoms with Crippen molar-refractivity contribution in [2.24, 2.45) is 5.41 Å². The lowest BCUT2D eigenvalue weighted by molar-refractivity contribution is -0.116. The van der Waals surface area contributed by atoms with Crippen molar-refractivity contribution < 1.29 is 9.53 Å². The summed E-state index contributed by atoms with van der Waals surface area (Å²) in [6.45, 7) is 5.45. The smallest absolute Gasteiger partial charge is 0.244 e. The van der Waals surface area contributed by atoms with Gasteiger partial charge in [-0.15, -0.1) is 11.3 Å². The van der Waals surface area contributed by atoms with Crippen LogP contribution in [0.1, 0.15) is 48.9 Å². The Labute approximate surface area is 159 Å². The fraction of sp³-hybridized carbons (Fsp3) is 0.429. The van der Waals surface area contributed by atoms with Gasteiger partial charge in [0.25, 0.3) is 0 Å². The van der Waals surface area contributed by atoms with Crippen LogP contribution in [-0.2, 0) is 11.4 Å². The molecule has 0 spiro atoms. The number of rotatable bonds is 7. The van der Waals surface area contributed by atoms with Crippen LogP contribution in [0.25, 0.3) is 6.08 Å². The van der Waals surface area contributed by atoms with Crippen LogP contribution >= 0.6 is 11.3 Å². The van der Waals surface area contributed by atoms with Crippen molar-refractivity contribution in [3.63, 3.8) is 0 Å². The summed E-state index contributed by atoms with van der Waals surface area (Å²) in [4.78, 5) is 16.5. The van der Waals surface area contributed by atoms with Gasteiger partial charge in [-0.1, -0.05) is 31.9 Å². The van der Waals surface area contributed by atoms with Crippen LogP contribution in [0.4, 0.5) is 0 Å². The number of ether oxygens (including phenoxy) is 1. The Morgan fingerprint density at radius 1 is 1.38 bits per heavy atom. The van der Waals surface area contributed by atoms with E-state index in [1.54, 1.807) is 17.4 Å². The van der Waals surface area contributed by atoms with Crippen molar-refractivity contribution in [2.45, 2.75) is 46.1 Å². The van der Waals surface area contributed by atoms with Crippen LogP contribution in [0, 0.1) is 12.3 Å². The van der Waals surface area contributed by atoms with E-state index in [1.807, 2.05) is 42.6 Å². The van der Waals surface area contributed by atoms with E-state index in [0.717, 1.165) is 28.6 Å².